The molecule has 0 radical (unpaired) electrons. The van der Waals surface area contributed by atoms with Crippen molar-refractivity contribution in [3.63, 3.8) is 0 Å². The Morgan fingerprint density at radius 3 is 2.77 bits per heavy atom. The van der Waals surface area contributed by atoms with Gasteiger partial charge < -0.3 is 9.84 Å². The van der Waals surface area contributed by atoms with E-state index in [1.54, 1.807) is 5.57 Å². The predicted molar refractivity (Wildman–Crippen MR) is 125 cm³/mol. The average Bonchev–Trinajstić information content (AvgIpc) is 3.51. The van der Waals surface area contributed by atoms with Gasteiger partial charge >= 0.3 is 0 Å². The number of allylic oxidation sites excluding steroid dienone is 4. The maximum absolute atomic E-state index is 11.9. The number of aliphatic hydroxyl groups is 1. The first-order chi connectivity index (χ1) is 14.8. The molecule has 0 aliphatic heterocycles. The van der Waals surface area contributed by atoms with Gasteiger partial charge in [-0.25, -0.2) is 0 Å². The highest BCUT2D eigenvalue weighted by Crippen LogP contribution is 2.59. The highest BCUT2D eigenvalue weighted by Gasteiger charge is 2.49. The summed E-state index contributed by atoms with van der Waals surface area (Å²) < 4.78 is 5.71. The van der Waals surface area contributed by atoms with E-state index in [2.05, 4.69) is 39.5 Å². The van der Waals surface area contributed by atoms with E-state index in [9.17, 15) is 9.90 Å². The third kappa shape index (κ3) is 4.77. The molecule has 4 fully saturated rings. The molecule has 1 unspecified atom stereocenters. The Hall–Kier alpha value is -1.61. The Morgan fingerprint density at radius 1 is 1.26 bits per heavy atom. The first kappa shape index (κ1) is 22.6. The van der Waals surface area contributed by atoms with Crippen LogP contribution >= 0.6 is 0 Å². The minimum Gasteiger partial charge on any atom is -0.493 e. The standard InChI is InChI=1S/C28H40O3/c1-18-14-23(20(3)26(29)15-18)10-7-21-6-5-13-28(4)24(11-12-25(21)28)19(2)16-31-17-27(30)22-8-9-22/h7,10,16,18,22,24-26,29H,3,5-6,8-9,11-15,17H2,1-2,4H3/t18-,24-,25?,26+,28-/m1/s1. The lowest BCUT2D eigenvalue weighted by molar-refractivity contribution is -0.123. The number of aliphatic hydroxyl groups excluding tert-OH is 1. The normalized spacial score (nSPS) is 39.1. The molecule has 0 amide bonds. The number of carbonyl (C=O) groups excluding carboxylic acids is 1. The summed E-state index contributed by atoms with van der Waals surface area (Å²) in [6.07, 6.45) is 16.1. The number of rotatable bonds is 6. The smallest absolute Gasteiger partial charge is 0.173 e. The van der Waals surface area contributed by atoms with Crippen molar-refractivity contribution in [2.75, 3.05) is 6.61 Å². The lowest BCUT2D eigenvalue weighted by Gasteiger charge is -2.42. The van der Waals surface area contributed by atoms with E-state index in [1.807, 2.05) is 6.26 Å². The molecule has 0 saturated heterocycles. The van der Waals surface area contributed by atoms with E-state index in [1.165, 1.54) is 43.3 Å². The first-order valence-electron chi connectivity index (χ1n) is 12.4. The van der Waals surface area contributed by atoms with Crippen LogP contribution in [0.3, 0.4) is 0 Å². The van der Waals surface area contributed by atoms with Crippen molar-refractivity contribution in [1.29, 1.82) is 0 Å². The molecule has 0 aromatic heterocycles. The summed E-state index contributed by atoms with van der Waals surface area (Å²) in [6.45, 7) is 11.3. The van der Waals surface area contributed by atoms with E-state index in [0.29, 0.717) is 17.8 Å². The van der Waals surface area contributed by atoms with Gasteiger partial charge in [0.15, 0.2) is 5.78 Å². The number of fused-ring (bicyclic) bond motifs is 1. The fraction of sp³-hybridized carbons (Fsp3) is 0.679. The predicted octanol–water partition coefficient (Wildman–Crippen LogP) is 6.30. The number of hydrogen-bond acceptors (Lipinski definition) is 3. The van der Waals surface area contributed by atoms with Gasteiger partial charge in [-0.1, -0.05) is 38.2 Å². The maximum Gasteiger partial charge on any atom is 0.173 e. The third-order valence-corrected chi connectivity index (χ3v) is 8.55. The number of Topliss-reactive ketones (excluding diaryl/α,β-unsaturated/α-hetero) is 1. The van der Waals surface area contributed by atoms with Gasteiger partial charge in [0.05, 0.1) is 12.4 Å². The Kier molecular flexibility index (Phi) is 6.62. The summed E-state index contributed by atoms with van der Waals surface area (Å²) in [5, 5.41) is 10.3. The second kappa shape index (κ2) is 9.10. The van der Waals surface area contributed by atoms with Crippen molar-refractivity contribution in [2.24, 2.45) is 29.1 Å². The van der Waals surface area contributed by atoms with Gasteiger partial charge in [-0.3, -0.25) is 4.79 Å². The third-order valence-electron chi connectivity index (χ3n) is 8.55. The summed E-state index contributed by atoms with van der Waals surface area (Å²) in [6, 6.07) is 0. The van der Waals surface area contributed by atoms with E-state index in [4.69, 9.17) is 4.74 Å². The SMILES string of the molecule is C=C1C(=CC=C2CCC[C@@]3(C)C2CC[C@@H]3C(C)=COCC(=O)C2CC2)C[C@@H](C)C[C@@H]1O. The summed E-state index contributed by atoms with van der Waals surface area (Å²) in [4.78, 5) is 11.9. The lowest BCUT2D eigenvalue weighted by Crippen LogP contribution is -2.33. The van der Waals surface area contributed by atoms with Gasteiger partial charge in [-0.2, -0.15) is 0 Å². The molecule has 4 aliphatic carbocycles. The number of ether oxygens (including phenoxy) is 1. The second-order valence-corrected chi connectivity index (χ2v) is 11.0. The number of ketones is 1. The molecule has 31 heavy (non-hydrogen) atoms. The molecular weight excluding hydrogens is 384 g/mol. The van der Waals surface area contributed by atoms with Crippen molar-refractivity contribution < 1.29 is 14.6 Å². The fourth-order valence-corrected chi connectivity index (χ4v) is 6.56. The van der Waals surface area contributed by atoms with Crippen LogP contribution in [0.1, 0.15) is 78.6 Å². The molecule has 4 aliphatic rings. The number of hydrogen-bond donors (Lipinski definition) is 1. The van der Waals surface area contributed by atoms with Crippen molar-refractivity contribution in [1.82, 2.24) is 0 Å². The highest BCUT2D eigenvalue weighted by molar-refractivity contribution is 5.84. The van der Waals surface area contributed by atoms with Crippen LogP contribution in [0.15, 0.2) is 47.3 Å². The molecule has 0 aromatic carbocycles. The maximum atomic E-state index is 11.9. The summed E-state index contributed by atoms with van der Waals surface area (Å²) in [5.74, 6) is 2.18. The van der Waals surface area contributed by atoms with E-state index in [0.717, 1.165) is 31.3 Å². The van der Waals surface area contributed by atoms with Gasteiger partial charge in [0, 0.05) is 5.92 Å². The van der Waals surface area contributed by atoms with Crippen LogP contribution in [0.25, 0.3) is 0 Å². The van der Waals surface area contributed by atoms with Crippen molar-refractivity contribution in [3.8, 4) is 0 Å². The Balaban J connectivity index is 1.45. The van der Waals surface area contributed by atoms with E-state index < -0.39 is 0 Å². The molecule has 5 atom stereocenters. The Labute approximate surface area is 188 Å². The minimum atomic E-state index is -0.388. The highest BCUT2D eigenvalue weighted by atomic mass is 16.5. The summed E-state index contributed by atoms with van der Waals surface area (Å²) in [7, 11) is 0. The molecular formula is C28H40O3. The molecule has 0 spiro atoms. The zero-order chi connectivity index (χ0) is 22.2. The summed E-state index contributed by atoms with van der Waals surface area (Å²) >= 11 is 0. The minimum absolute atomic E-state index is 0.238. The van der Waals surface area contributed by atoms with Gasteiger partial charge in [0.25, 0.3) is 0 Å². The van der Waals surface area contributed by atoms with Gasteiger partial charge in [0.1, 0.15) is 6.61 Å². The van der Waals surface area contributed by atoms with Crippen LogP contribution in [0, 0.1) is 29.1 Å². The first-order valence-corrected chi connectivity index (χ1v) is 12.4. The van der Waals surface area contributed by atoms with Crippen LogP contribution in [-0.2, 0) is 9.53 Å². The van der Waals surface area contributed by atoms with E-state index in [-0.39, 0.29) is 29.8 Å². The monoisotopic (exact) mass is 424 g/mol. The molecule has 1 N–H and O–H groups in total. The fourth-order valence-electron chi connectivity index (χ4n) is 6.56. The number of carbonyl (C=O) groups is 1. The van der Waals surface area contributed by atoms with Gasteiger partial charge in [0.2, 0.25) is 0 Å². The molecule has 0 bridgehead atoms. The van der Waals surface area contributed by atoms with Crippen molar-refractivity contribution in [2.45, 2.75) is 84.7 Å². The van der Waals surface area contributed by atoms with Crippen LogP contribution in [0.5, 0.6) is 0 Å². The second-order valence-electron chi connectivity index (χ2n) is 11.0. The van der Waals surface area contributed by atoms with Crippen LogP contribution in [-0.4, -0.2) is 23.6 Å². The summed E-state index contributed by atoms with van der Waals surface area (Å²) in [5.41, 5.74) is 5.27. The van der Waals surface area contributed by atoms with E-state index >= 15 is 0 Å². The van der Waals surface area contributed by atoms with Gasteiger partial charge in [-0.05, 0) is 105 Å². The molecule has 0 aromatic rings. The van der Waals surface area contributed by atoms with Crippen molar-refractivity contribution in [3.05, 3.63) is 47.3 Å². The molecule has 3 heteroatoms. The molecule has 4 saturated carbocycles. The molecule has 4 rings (SSSR count). The van der Waals surface area contributed by atoms with Crippen LogP contribution in [0.4, 0.5) is 0 Å². The van der Waals surface area contributed by atoms with Crippen LogP contribution in [0.2, 0.25) is 0 Å². The molecule has 0 heterocycles. The largest absolute Gasteiger partial charge is 0.493 e. The lowest BCUT2D eigenvalue weighted by atomic mass is 9.62. The van der Waals surface area contributed by atoms with Gasteiger partial charge in [-0.15, -0.1) is 0 Å². The topological polar surface area (TPSA) is 46.5 Å². The Morgan fingerprint density at radius 2 is 2.03 bits per heavy atom. The zero-order valence-corrected chi connectivity index (χ0v) is 19.7. The molecule has 170 valence electrons. The zero-order valence-electron chi connectivity index (χ0n) is 19.7. The quantitative estimate of drug-likeness (QED) is 0.509. The average molecular weight is 425 g/mol. The van der Waals surface area contributed by atoms with Crippen molar-refractivity contribution >= 4 is 5.78 Å². The molecule has 3 nitrogen and oxygen atoms in total. The Bertz CT molecular complexity index is 812. The van der Waals surface area contributed by atoms with Crippen LogP contribution < -0.4 is 0 Å².